The number of carbonyl (C=O) groups is 2. The Morgan fingerprint density at radius 2 is 1.58 bits per heavy atom. The van der Waals surface area contributed by atoms with E-state index < -0.39 is 23.8 Å². The van der Waals surface area contributed by atoms with Crippen molar-refractivity contribution in [2.45, 2.75) is 13.0 Å². The molecule has 10 nitrogen and oxygen atoms in total. The van der Waals surface area contributed by atoms with Crippen LogP contribution in [-0.2, 0) is 14.3 Å². The minimum atomic E-state index is -1.13. The van der Waals surface area contributed by atoms with E-state index in [1.54, 1.807) is 39.3 Å². The number of nitrogens with one attached hydrogen (secondary N) is 1. The van der Waals surface area contributed by atoms with Crippen molar-refractivity contribution in [3.05, 3.63) is 48.0 Å². The lowest BCUT2D eigenvalue weighted by Crippen LogP contribution is -2.57. The molecular formula is C26H32N4O6. The van der Waals surface area contributed by atoms with Gasteiger partial charge >= 0.3 is 5.97 Å². The monoisotopic (exact) mass is 496 g/mol. The Hall–Kier alpha value is -3.95. The van der Waals surface area contributed by atoms with Gasteiger partial charge in [-0.25, -0.2) is 4.99 Å². The van der Waals surface area contributed by atoms with Gasteiger partial charge in [0, 0.05) is 43.5 Å². The molecule has 1 amide bonds. The molecular weight excluding hydrogens is 464 g/mol. The lowest BCUT2D eigenvalue weighted by Gasteiger charge is -2.39. The molecule has 2 aromatic rings. The van der Waals surface area contributed by atoms with Gasteiger partial charge in [0.1, 0.15) is 23.3 Å². The number of methoxy groups -OCH3 is 3. The van der Waals surface area contributed by atoms with Gasteiger partial charge in [0.2, 0.25) is 11.9 Å². The van der Waals surface area contributed by atoms with E-state index in [4.69, 9.17) is 23.9 Å². The molecule has 0 aliphatic carbocycles. The highest BCUT2D eigenvalue weighted by molar-refractivity contribution is 6.08. The second kappa shape index (κ2) is 11.2. The SMILES string of the molecule is CCOC(=O)[C@@H]1C(=O)NC(N2CCN(c3ccc(OC)cc3)CC2)=N[C@H]1c1ccc(OC)cc1OC. The second-order valence-electron chi connectivity index (χ2n) is 8.40. The van der Waals surface area contributed by atoms with Crippen molar-refractivity contribution in [2.75, 3.05) is 59.0 Å². The van der Waals surface area contributed by atoms with Gasteiger partial charge in [-0.1, -0.05) is 0 Å². The summed E-state index contributed by atoms with van der Waals surface area (Å²) in [4.78, 5) is 35.2. The Bertz CT molecular complexity index is 1110. The molecule has 1 N–H and O–H groups in total. The summed E-state index contributed by atoms with van der Waals surface area (Å²) in [5, 5.41) is 2.84. The van der Waals surface area contributed by atoms with E-state index >= 15 is 0 Å². The van der Waals surface area contributed by atoms with Crippen LogP contribution in [0.5, 0.6) is 17.2 Å². The predicted octanol–water partition coefficient (Wildman–Crippen LogP) is 2.24. The van der Waals surface area contributed by atoms with Crippen molar-refractivity contribution in [2.24, 2.45) is 10.9 Å². The molecule has 10 heteroatoms. The third-order valence-electron chi connectivity index (χ3n) is 6.41. The molecule has 4 rings (SSSR count). The zero-order valence-electron chi connectivity index (χ0n) is 21.0. The van der Waals surface area contributed by atoms with Crippen molar-refractivity contribution in [3.8, 4) is 17.2 Å². The molecule has 0 bridgehead atoms. The van der Waals surface area contributed by atoms with Gasteiger partial charge in [-0.2, -0.15) is 0 Å². The van der Waals surface area contributed by atoms with Crippen LogP contribution < -0.4 is 24.4 Å². The number of hydrogen-bond acceptors (Lipinski definition) is 9. The third-order valence-corrected chi connectivity index (χ3v) is 6.41. The standard InChI is InChI=1S/C26H32N4O6/c1-5-36-25(32)22-23(20-11-10-19(34-3)16-21(20)35-4)27-26(28-24(22)31)30-14-12-29(13-15-30)17-6-8-18(33-2)9-7-17/h6-11,16,22-23H,5,12-15H2,1-4H3,(H,27,28,31)/t22-,23-/m0/s1. The second-order valence-corrected chi connectivity index (χ2v) is 8.40. The summed E-state index contributed by atoms with van der Waals surface area (Å²) in [7, 11) is 4.74. The van der Waals surface area contributed by atoms with E-state index in [2.05, 4.69) is 10.2 Å². The third kappa shape index (κ3) is 5.17. The van der Waals surface area contributed by atoms with Crippen LogP contribution in [0.2, 0.25) is 0 Å². The van der Waals surface area contributed by atoms with E-state index in [0.29, 0.717) is 36.1 Å². The van der Waals surface area contributed by atoms with Gasteiger partial charge in [0.15, 0.2) is 5.92 Å². The van der Waals surface area contributed by atoms with Gasteiger partial charge in [0.25, 0.3) is 0 Å². The highest BCUT2D eigenvalue weighted by atomic mass is 16.5. The van der Waals surface area contributed by atoms with Crippen LogP contribution in [0.25, 0.3) is 0 Å². The number of aliphatic imine (C=N–C) groups is 1. The first kappa shape index (κ1) is 25.2. The summed E-state index contributed by atoms with van der Waals surface area (Å²) in [6.45, 7) is 4.68. The molecule has 0 unspecified atom stereocenters. The lowest BCUT2D eigenvalue weighted by molar-refractivity contribution is -0.153. The first-order chi connectivity index (χ1) is 17.5. The Labute approximate surface area is 210 Å². The molecule has 192 valence electrons. The molecule has 0 aromatic heterocycles. The number of carbonyl (C=O) groups excluding carboxylic acids is 2. The fourth-order valence-electron chi connectivity index (χ4n) is 4.48. The largest absolute Gasteiger partial charge is 0.497 e. The van der Waals surface area contributed by atoms with E-state index in [9.17, 15) is 9.59 Å². The number of hydrogen-bond donors (Lipinski definition) is 1. The Kier molecular flexibility index (Phi) is 7.82. The quantitative estimate of drug-likeness (QED) is 0.460. The summed E-state index contributed by atoms with van der Waals surface area (Å²) in [6, 6.07) is 12.4. The summed E-state index contributed by atoms with van der Waals surface area (Å²) in [6.07, 6.45) is 0. The van der Waals surface area contributed by atoms with E-state index in [-0.39, 0.29) is 6.61 Å². The number of rotatable bonds is 7. The number of ether oxygens (including phenoxy) is 4. The number of guanidine groups is 1. The smallest absolute Gasteiger partial charge is 0.321 e. The fraction of sp³-hybridized carbons (Fsp3) is 0.423. The van der Waals surface area contributed by atoms with Crippen LogP contribution in [0.4, 0.5) is 5.69 Å². The molecule has 1 fully saturated rings. The molecule has 2 heterocycles. The molecule has 0 radical (unpaired) electrons. The number of anilines is 1. The molecule has 1 saturated heterocycles. The molecule has 0 saturated carbocycles. The normalized spacial score (nSPS) is 19.8. The van der Waals surface area contributed by atoms with Crippen molar-refractivity contribution < 1.29 is 28.5 Å². The first-order valence-electron chi connectivity index (χ1n) is 11.9. The van der Waals surface area contributed by atoms with E-state index in [1.165, 1.54) is 7.11 Å². The zero-order chi connectivity index (χ0) is 25.7. The number of piperazine rings is 1. The summed E-state index contributed by atoms with van der Waals surface area (Å²) in [5.41, 5.74) is 1.72. The Morgan fingerprint density at radius 3 is 2.19 bits per heavy atom. The number of nitrogens with zero attached hydrogens (tertiary/aromatic N) is 3. The van der Waals surface area contributed by atoms with Gasteiger partial charge in [0.05, 0.1) is 27.9 Å². The van der Waals surface area contributed by atoms with Gasteiger partial charge < -0.3 is 28.7 Å². The minimum Gasteiger partial charge on any atom is -0.497 e. The van der Waals surface area contributed by atoms with Crippen molar-refractivity contribution in [1.82, 2.24) is 10.2 Å². The van der Waals surface area contributed by atoms with Crippen molar-refractivity contribution in [1.29, 1.82) is 0 Å². The highest BCUT2D eigenvalue weighted by Gasteiger charge is 2.43. The maximum atomic E-state index is 13.2. The van der Waals surface area contributed by atoms with Crippen LogP contribution in [0.15, 0.2) is 47.5 Å². The van der Waals surface area contributed by atoms with Gasteiger partial charge in [-0.05, 0) is 43.3 Å². The summed E-state index contributed by atoms with van der Waals surface area (Å²) >= 11 is 0. The van der Waals surface area contributed by atoms with Crippen LogP contribution in [0, 0.1) is 5.92 Å². The van der Waals surface area contributed by atoms with Crippen molar-refractivity contribution >= 4 is 23.5 Å². The maximum Gasteiger partial charge on any atom is 0.321 e. The highest BCUT2D eigenvalue weighted by Crippen LogP contribution is 2.38. The van der Waals surface area contributed by atoms with Crippen LogP contribution in [0.1, 0.15) is 18.5 Å². The first-order valence-corrected chi connectivity index (χ1v) is 11.9. The number of amides is 1. The Balaban J connectivity index is 1.59. The van der Waals surface area contributed by atoms with Crippen LogP contribution in [0.3, 0.4) is 0 Å². The molecule has 2 atom stereocenters. The van der Waals surface area contributed by atoms with Gasteiger partial charge in [-0.15, -0.1) is 0 Å². The maximum absolute atomic E-state index is 13.2. The molecule has 2 aromatic carbocycles. The van der Waals surface area contributed by atoms with E-state index in [1.807, 2.05) is 29.2 Å². The molecule has 0 spiro atoms. The predicted molar refractivity (Wildman–Crippen MR) is 135 cm³/mol. The lowest BCUT2D eigenvalue weighted by atomic mass is 9.90. The topological polar surface area (TPSA) is 102 Å². The average Bonchev–Trinajstić information content (AvgIpc) is 2.92. The minimum absolute atomic E-state index is 0.166. The molecule has 36 heavy (non-hydrogen) atoms. The average molecular weight is 497 g/mol. The number of benzene rings is 2. The Morgan fingerprint density at radius 1 is 0.944 bits per heavy atom. The summed E-state index contributed by atoms with van der Waals surface area (Å²) in [5.74, 6) is 0.143. The van der Waals surface area contributed by atoms with E-state index in [0.717, 1.165) is 24.5 Å². The van der Waals surface area contributed by atoms with Crippen molar-refractivity contribution in [3.63, 3.8) is 0 Å². The zero-order valence-corrected chi connectivity index (χ0v) is 21.0. The summed E-state index contributed by atoms with van der Waals surface area (Å²) < 4.78 is 21.3. The fourth-order valence-corrected chi connectivity index (χ4v) is 4.48. The number of esters is 1. The van der Waals surface area contributed by atoms with Gasteiger partial charge in [-0.3, -0.25) is 14.9 Å². The molecule has 2 aliphatic heterocycles. The van der Waals surface area contributed by atoms with Crippen LogP contribution >= 0.6 is 0 Å². The molecule has 2 aliphatic rings. The van der Waals surface area contributed by atoms with Crippen LogP contribution in [-0.4, -0.2) is 76.9 Å².